The van der Waals surface area contributed by atoms with Crippen molar-refractivity contribution in [1.82, 2.24) is 15.0 Å². The first-order valence-corrected chi connectivity index (χ1v) is 7.82. The summed E-state index contributed by atoms with van der Waals surface area (Å²) in [5.74, 6) is -0.611. The summed E-state index contributed by atoms with van der Waals surface area (Å²) in [5, 5.41) is 17.4. The Balaban J connectivity index is 1.88. The molecule has 1 aliphatic heterocycles. The molecule has 6 nitrogen and oxygen atoms in total. The van der Waals surface area contributed by atoms with E-state index in [1.807, 2.05) is 4.68 Å². The van der Waals surface area contributed by atoms with Crippen LogP contribution < -0.4 is 0 Å². The minimum atomic E-state index is -0.984. The number of nitrogens with zero attached hydrogens (tertiary/aromatic N) is 3. The topological polar surface area (TPSA) is 77.2 Å². The number of carboxylic acid groups (broad SMARTS) is 1. The number of aromatic nitrogens is 3. The Kier molecular flexibility index (Phi) is 3.73. The van der Waals surface area contributed by atoms with Crippen molar-refractivity contribution in [3.05, 3.63) is 11.4 Å². The van der Waals surface area contributed by atoms with Crippen molar-refractivity contribution in [3.8, 4) is 0 Å². The molecule has 1 saturated heterocycles. The lowest BCUT2D eigenvalue weighted by Gasteiger charge is -2.47. The molecule has 1 N–H and O–H groups in total. The Hall–Kier alpha value is -1.43. The average Bonchev–Trinajstić information content (AvgIpc) is 2.80. The van der Waals surface area contributed by atoms with Crippen molar-refractivity contribution in [1.29, 1.82) is 0 Å². The Bertz CT molecular complexity index is 534. The van der Waals surface area contributed by atoms with Gasteiger partial charge in [0.05, 0.1) is 17.3 Å². The molecule has 0 bridgehead atoms. The fourth-order valence-electron chi connectivity index (χ4n) is 3.48. The van der Waals surface area contributed by atoms with Gasteiger partial charge in [-0.05, 0) is 44.4 Å². The van der Waals surface area contributed by atoms with Gasteiger partial charge in [0.25, 0.3) is 0 Å². The van der Waals surface area contributed by atoms with E-state index in [0.29, 0.717) is 12.3 Å². The van der Waals surface area contributed by atoms with Crippen LogP contribution in [0.1, 0.15) is 68.2 Å². The monoisotopic (exact) mass is 293 g/mol. The van der Waals surface area contributed by atoms with Gasteiger partial charge in [-0.3, -0.25) is 0 Å². The first kappa shape index (κ1) is 14.5. The van der Waals surface area contributed by atoms with E-state index in [-0.39, 0.29) is 17.3 Å². The number of carboxylic acids is 1. The van der Waals surface area contributed by atoms with Gasteiger partial charge in [0.15, 0.2) is 5.69 Å². The number of hydrogen-bond acceptors (Lipinski definition) is 4. The highest BCUT2D eigenvalue weighted by molar-refractivity contribution is 5.86. The Labute approximate surface area is 124 Å². The van der Waals surface area contributed by atoms with Gasteiger partial charge >= 0.3 is 5.97 Å². The highest BCUT2D eigenvalue weighted by Crippen LogP contribution is 2.45. The van der Waals surface area contributed by atoms with Crippen molar-refractivity contribution in [2.45, 2.75) is 64.0 Å². The number of hydrogen-bond donors (Lipinski definition) is 1. The van der Waals surface area contributed by atoms with E-state index in [9.17, 15) is 9.90 Å². The van der Waals surface area contributed by atoms with Crippen LogP contribution in [0, 0.1) is 5.92 Å². The van der Waals surface area contributed by atoms with Crippen LogP contribution in [0.3, 0.4) is 0 Å². The molecule has 2 fully saturated rings. The van der Waals surface area contributed by atoms with Gasteiger partial charge in [0.2, 0.25) is 0 Å². The van der Waals surface area contributed by atoms with Crippen LogP contribution in [0.15, 0.2) is 0 Å². The van der Waals surface area contributed by atoms with Crippen LogP contribution in [0.25, 0.3) is 0 Å². The van der Waals surface area contributed by atoms with Crippen LogP contribution >= 0.6 is 0 Å². The van der Waals surface area contributed by atoms with Gasteiger partial charge in [-0.2, -0.15) is 0 Å². The molecule has 0 amide bonds. The molecule has 21 heavy (non-hydrogen) atoms. The lowest BCUT2D eigenvalue weighted by Crippen LogP contribution is -2.46. The van der Waals surface area contributed by atoms with Gasteiger partial charge in [0, 0.05) is 6.61 Å². The summed E-state index contributed by atoms with van der Waals surface area (Å²) in [7, 11) is 0. The summed E-state index contributed by atoms with van der Waals surface area (Å²) in [6.07, 6.45) is 5.96. The quantitative estimate of drug-likeness (QED) is 0.922. The van der Waals surface area contributed by atoms with Crippen LogP contribution in [0.2, 0.25) is 0 Å². The molecule has 2 heterocycles. The number of rotatable bonds is 4. The normalized spacial score (nSPS) is 24.2. The van der Waals surface area contributed by atoms with E-state index in [4.69, 9.17) is 4.74 Å². The minimum Gasteiger partial charge on any atom is -0.476 e. The SMILES string of the molecule is CC(C)Cc1c(C(=O)O)nnn1C1CCOC2(CCC2)C1. The molecule has 0 aromatic carbocycles. The van der Waals surface area contributed by atoms with E-state index >= 15 is 0 Å². The summed E-state index contributed by atoms with van der Waals surface area (Å²) >= 11 is 0. The summed E-state index contributed by atoms with van der Waals surface area (Å²) in [6.45, 7) is 4.90. The van der Waals surface area contributed by atoms with Crippen molar-refractivity contribution in [3.63, 3.8) is 0 Å². The van der Waals surface area contributed by atoms with Gasteiger partial charge < -0.3 is 9.84 Å². The zero-order valence-electron chi connectivity index (χ0n) is 12.7. The molecule has 6 heteroatoms. The second kappa shape index (κ2) is 5.40. The second-order valence-electron chi connectivity index (χ2n) is 6.76. The molecule has 3 rings (SSSR count). The van der Waals surface area contributed by atoms with Crippen LogP contribution in [-0.2, 0) is 11.2 Å². The third kappa shape index (κ3) is 2.69. The van der Waals surface area contributed by atoms with Crippen LogP contribution in [0.4, 0.5) is 0 Å². The molecule has 1 aromatic rings. The lowest BCUT2D eigenvalue weighted by molar-refractivity contribution is -0.142. The number of ether oxygens (including phenoxy) is 1. The van der Waals surface area contributed by atoms with Crippen molar-refractivity contribution in [2.24, 2.45) is 5.92 Å². The molecule has 0 radical (unpaired) electrons. The predicted molar refractivity (Wildman–Crippen MR) is 76.3 cm³/mol. The van der Waals surface area contributed by atoms with E-state index < -0.39 is 5.97 Å². The molecule has 116 valence electrons. The molecule has 1 aliphatic carbocycles. The van der Waals surface area contributed by atoms with E-state index in [2.05, 4.69) is 24.2 Å². The number of aromatic carboxylic acids is 1. The molecule has 1 spiro atoms. The van der Waals surface area contributed by atoms with Crippen molar-refractivity contribution < 1.29 is 14.6 Å². The van der Waals surface area contributed by atoms with Gasteiger partial charge in [0.1, 0.15) is 0 Å². The maximum Gasteiger partial charge on any atom is 0.358 e. The summed E-state index contributed by atoms with van der Waals surface area (Å²) in [5.41, 5.74) is 0.893. The summed E-state index contributed by atoms with van der Waals surface area (Å²) in [4.78, 5) is 11.4. The molecular formula is C15H23N3O3. The average molecular weight is 293 g/mol. The third-order valence-electron chi connectivity index (χ3n) is 4.67. The fourth-order valence-corrected chi connectivity index (χ4v) is 3.48. The van der Waals surface area contributed by atoms with Crippen LogP contribution in [0.5, 0.6) is 0 Å². The fraction of sp³-hybridized carbons (Fsp3) is 0.800. The highest BCUT2D eigenvalue weighted by atomic mass is 16.5. The van der Waals surface area contributed by atoms with E-state index in [0.717, 1.165) is 38.0 Å². The lowest BCUT2D eigenvalue weighted by atomic mass is 9.74. The maximum absolute atomic E-state index is 11.4. The molecule has 2 aliphatic rings. The third-order valence-corrected chi connectivity index (χ3v) is 4.67. The molecule has 1 saturated carbocycles. The molecule has 1 unspecified atom stereocenters. The van der Waals surface area contributed by atoms with Gasteiger partial charge in [-0.1, -0.05) is 19.1 Å². The van der Waals surface area contributed by atoms with Crippen LogP contribution in [-0.4, -0.2) is 38.3 Å². The smallest absolute Gasteiger partial charge is 0.358 e. The molecule has 1 atom stereocenters. The minimum absolute atomic E-state index is 0.0212. The first-order chi connectivity index (χ1) is 10.0. The molecule has 1 aromatic heterocycles. The summed E-state index contributed by atoms with van der Waals surface area (Å²) < 4.78 is 7.82. The largest absolute Gasteiger partial charge is 0.476 e. The van der Waals surface area contributed by atoms with E-state index in [1.165, 1.54) is 6.42 Å². The van der Waals surface area contributed by atoms with Crippen molar-refractivity contribution >= 4 is 5.97 Å². The Morgan fingerprint density at radius 2 is 2.29 bits per heavy atom. The maximum atomic E-state index is 11.4. The Morgan fingerprint density at radius 1 is 1.52 bits per heavy atom. The first-order valence-electron chi connectivity index (χ1n) is 7.82. The predicted octanol–water partition coefficient (Wildman–Crippen LogP) is 2.45. The van der Waals surface area contributed by atoms with Gasteiger partial charge in [-0.25, -0.2) is 9.48 Å². The summed E-state index contributed by atoms with van der Waals surface area (Å²) in [6, 6.07) is 0.216. The second-order valence-corrected chi connectivity index (χ2v) is 6.76. The zero-order chi connectivity index (χ0) is 15.0. The highest BCUT2D eigenvalue weighted by Gasteiger charge is 2.44. The zero-order valence-corrected chi connectivity index (χ0v) is 12.7. The van der Waals surface area contributed by atoms with Crippen molar-refractivity contribution in [2.75, 3.05) is 6.61 Å². The van der Waals surface area contributed by atoms with E-state index in [1.54, 1.807) is 0 Å². The number of carbonyl (C=O) groups is 1. The Morgan fingerprint density at radius 3 is 2.86 bits per heavy atom. The molecular weight excluding hydrogens is 270 g/mol. The van der Waals surface area contributed by atoms with Gasteiger partial charge in [-0.15, -0.1) is 5.10 Å². The standard InChI is InChI=1S/C15H23N3O3/c1-10(2)8-12-13(14(19)20)16-17-18(12)11-4-7-21-15(9-11)5-3-6-15/h10-11H,3-9H2,1-2H3,(H,19,20).